The summed E-state index contributed by atoms with van der Waals surface area (Å²) in [7, 11) is 0. The minimum absolute atomic E-state index is 0.0867. The second-order valence-corrected chi connectivity index (χ2v) is 4.16. The normalized spacial score (nSPS) is 19.0. The van der Waals surface area contributed by atoms with E-state index in [9.17, 15) is 9.18 Å². The first-order chi connectivity index (χ1) is 8.18. The molecule has 2 rings (SSSR count). The van der Waals surface area contributed by atoms with Crippen LogP contribution in [-0.4, -0.2) is 11.9 Å². The number of hydrogen-bond acceptors (Lipinski definition) is 2. The van der Waals surface area contributed by atoms with Gasteiger partial charge in [0.15, 0.2) is 0 Å². The van der Waals surface area contributed by atoms with Gasteiger partial charge in [0.25, 0.3) is 5.91 Å². The first-order valence-electron chi connectivity index (χ1n) is 5.68. The zero-order chi connectivity index (χ0) is 12.3. The fourth-order valence-corrected chi connectivity index (χ4v) is 1.92. The Bertz CT molecular complexity index is 457. The van der Waals surface area contributed by atoms with Crippen molar-refractivity contribution in [2.75, 3.05) is 5.73 Å². The third-order valence-electron chi connectivity index (χ3n) is 2.90. The standard InChI is InChI=1S/C13H15FN2O/c14-11-8-4-7-10(12(11)15)13(17)16-9-5-2-1-3-6-9/h1-2,4,7-9H,3,5-6,15H2,(H,16,17). The van der Waals surface area contributed by atoms with Crippen LogP contribution in [-0.2, 0) is 0 Å². The molecule has 1 atom stereocenters. The topological polar surface area (TPSA) is 55.1 Å². The number of carbonyl (C=O) groups excluding carboxylic acids is 1. The van der Waals surface area contributed by atoms with Gasteiger partial charge < -0.3 is 11.1 Å². The molecule has 0 heterocycles. The van der Waals surface area contributed by atoms with Crippen LogP contribution in [0.15, 0.2) is 30.4 Å². The SMILES string of the molecule is Nc1c(F)cccc1C(=O)NC1CC=CCC1. The van der Waals surface area contributed by atoms with Crippen LogP contribution in [0.25, 0.3) is 0 Å². The monoisotopic (exact) mass is 234 g/mol. The van der Waals surface area contributed by atoms with Crippen LogP contribution < -0.4 is 11.1 Å². The number of amides is 1. The van der Waals surface area contributed by atoms with Crippen LogP contribution in [0.5, 0.6) is 0 Å². The summed E-state index contributed by atoms with van der Waals surface area (Å²) in [6.45, 7) is 0. The molecule has 0 saturated heterocycles. The molecule has 1 unspecified atom stereocenters. The van der Waals surface area contributed by atoms with Crippen molar-refractivity contribution in [1.29, 1.82) is 0 Å². The highest BCUT2D eigenvalue weighted by molar-refractivity contribution is 5.99. The van der Waals surface area contributed by atoms with Gasteiger partial charge in [0, 0.05) is 6.04 Å². The third kappa shape index (κ3) is 2.64. The number of allylic oxidation sites excluding steroid dienone is 1. The second kappa shape index (κ2) is 4.99. The molecule has 0 aliphatic heterocycles. The highest BCUT2D eigenvalue weighted by Crippen LogP contribution is 2.17. The molecule has 0 spiro atoms. The minimum Gasteiger partial charge on any atom is -0.396 e. The molecule has 0 aromatic heterocycles. The van der Waals surface area contributed by atoms with Gasteiger partial charge in [0.2, 0.25) is 0 Å². The lowest BCUT2D eigenvalue weighted by Gasteiger charge is -2.19. The maximum atomic E-state index is 13.2. The Morgan fingerprint density at radius 3 is 2.94 bits per heavy atom. The molecule has 1 aliphatic rings. The molecule has 1 amide bonds. The van der Waals surface area contributed by atoms with Crippen molar-refractivity contribution in [3.63, 3.8) is 0 Å². The lowest BCUT2D eigenvalue weighted by Crippen LogP contribution is -2.35. The molecule has 3 nitrogen and oxygen atoms in total. The molecular formula is C13H15FN2O. The van der Waals surface area contributed by atoms with Crippen LogP contribution in [0.4, 0.5) is 10.1 Å². The summed E-state index contributed by atoms with van der Waals surface area (Å²) < 4.78 is 13.2. The largest absolute Gasteiger partial charge is 0.396 e. The molecule has 90 valence electrons. The van der Waals surface area contributed by atoms with Gasteiger partial charge in [-0.15, -0.1) is 0 Å². The fourth-order valence-electron chi connectivity index (χ4n) is 1.92. The smallest absolute Gasteiger partial charge is 0.253 e. The summed E-state index contributed by atoms with van der Waals surface area (Å²) in [6.07, 6.45) is 6.84. The Balaban J connectivity index is 2.09. The Morgan fingerprint density at radius 2 is 2.24 bits per heavy atom. The molecule has 1 aliphatic carbocycles. The summed E-state index contributed by atoms with van der Waals surface area (Å²) >= 11 is 0. The summed E-state index contributed by atoms with van der Waals surface area (Å²) in [5, 5.41) is 2.87. The fraction of sp³-hybridized carbons (Fsp3) is 0.308. The van der Waals surface area contributed by atoms with E-state index in [0.717, 1.165) is 19.3 Å². The molecule has 0 saturated carbocycles. The van der Waals surface area contributed by atoms with E-state index in [0.29, 0.717) is 0 Å². The summed E-state index contributed by atoms with van der Waals surface area (Å²) in [4.78, 5) is 11.9. The molecule has 0 radical (unpaired) electrons. The zero-order valence-corrected chi connectivity index (χ0v) is 9.45. The number of nitrogens with two attached hydrogens (primary N) is 1. The molecule has 17 heavy (non-hydrogen) atoms. The highest BCUT2D eigenvalue weighted by atomic mass is 19.1. The van der Waals surface area contributed by atoms with Crippen molar-refractivity contribution in [3.8, 4) is 0 Å². The van der Waals surface area contributed by atoms with Crippen molar-refractivity contribution < 1.29 is 9.18 Å². The van der Waals surface area contributed by atoms with Gasteiger partial charge in [0.05, 0.1) is 11.3 Å². The van der Waals surface area contributed by atoms with Crippen LogP contribution in [0.2, 0.25) is 0 Å². The maximum absolute atomic E-state index is 13.2. The van der Waals surface area contributed by atoms with E-state index < -0.39 is 5.82 Å². The maximum Gasteiger partial charge on any atom is 0.253 e. The van der Waals surface area contributed by atoms with Gasteiger partial charge in [0.1, 0.15) is 5.82 Å². The van der Waals surface area contributed by atoms with Crippen molar-refractivity contribution in [2.24, 2.45) is 0 Å². The van der Waals surface area contributed by atoms with E-state index in [1.54, 1.807) is 0 Å². The van der Waals surface area contributed by atoms with Gasteiger partial charge in [-0.25, -0.2) is 4.39 Å². The Morgan fingerprint density at radius 1 is 1.41 bits per heavy atom. The number of hydrogen-bond donors (Lipinski definition) is 2. The Kier molecular flexibility index (Phi) is 3.42. The number of para-hydroxylation sites is 1. The van der Waals surface area contributed by atoms with Crippen molar-refractivity contribution in [2.45, 2.75) is 25.3 Å². The number of rotatable bonds is 2. The predicted octanol–water partition coefficient (Wildman–Crippen LogP) is 2.25. The molecule has 0 bridgehead atoms. The van der Waals surface area contributed by atoms with Gasteiger partial charge >= 0.3 is 0 Å². The summed E-state index contributed by atoms with van der Waals surface area (Å²) in [5.41, 5.74) is 5.66. The Labute approximate surface area is 99.5 Å². The molecule has 1 aromatic rings. The first-order valence-corrected chi connectivity index (χ1v) is 5.68. The number of carbonyl (C=O) groups is 1. The number of halogens is 1. The van der Waals surface area contributed by atoms with E-state index in [4.69, 9.17) is 5.73 Å². The lowest BCUT2D eigenvalue weighted by atomic mass is 10.0. The second-order valence-electron chi connectivity index (χ2n) is 4.16. The average molecular weight is 234 g/mol. The first kappa shape index (κ1) is 11.6. The average Bonchev–Trinajstić information content (AvgIpc) is 2.34. The van der Waals surface area contributed by atoms with Crippen molar-refractivity contribution in [1.82, 2.24) is 5.32 Å². The quantitative estimate of drug-likeness (QED) is 0.609. The molecule has 0 fully saturated rings. The van der Waals surface area contributed by atoms with Crippen molar-refractivity contribution >= 4 is 11.6 Å². The van der Waals surface area contributed by atoms with E-state index in [1.165, 1.54) is 18.2 Å². The number of benzene rings is 1. The van der Waals surface area contributed by atoms with E-state index in [1.807, 2.05) is 6.08 Å². The van der Waals surface area contributed by atoms with Gasteiger partial charge in [-0.1, -0.05) is 18.2 Å². The van der Waals surface area contributed by atoms with Crippen LogP contribution in [0.1, 0.15) is 29.6 Å². The number of anilines is 1. The third-order valence-corrected chi connectivity index (χ3v) is 2.90. The van der Waals surface area contributed by atoms with Crippen molar-refractivity contribution in [3.05, 3.63) is 41.7 Å². The predicted molar refractivity (Wildman–Crippen MR) is 65.1 cm³/mol. The number of nitrogens with one attached hydrogen (secondary N) is 1. The highest BCUT2D eigenvalue weighted by Gasteiger charge is 2.17. The summed E-state index contributed by atoms with van der Waals surface area (Å²) in [5.74, 6) is -0.858. The van der Waals surface area contributed by atoms with E-state index in [-0.39, 0.29) is 23.2 Å². The van der Waals surface area contributed by atoms with Crippen LogP contribution >= 0.6 is 0 Å². The zero-order valence-electron chi connectivity index (χ0n) is 9.45. The molecular weight excluding hydrogens is 219 g/mol. The molecule has 1 aromatic carbocycles. The molecule has 3 N–H and O–H groups in total. The van der Waals surface area contributed by atoms with Crippen LogP contribution in [0.3, 0.4) is 0 Å². The Hall–Kier alpha value is -1.84. The van der Waals surface area contributed by atoms with Crippen LogP contribution in [0, 0.1) is 5.82 Å². The van der Waals surface area contributed by atoms with Gasteiger partial charge in [-0.2, -0.15) is 0 Å². The van der Waals surface area contributed by atoms with Gasteiger partial charge in [-0.3, -0.25) is 4.79 Å². The lowest BCUT2D eigenvalue weighted by molar-refractivity contribution is 0.0935. The number of nitrogen functional groups attached to an aromatic ring is 1. The molecule has 4 heteroatoms. The minimum atomic E-state index is -0.554. The van der Waals surface area contributed by atoms with Gasteiger partial charge in [-0.05, 0) is 31.4 Å². The van der Waals surface area contributed by atoms with E-state index in [2.05, 4.69) is 11.4 Å². The van der Waals surface area contributed by atoms with E-state index >= 15 is 0 Å². The summed E-state index contributed by atoms with van der Waals surface area (Å²) in [6, 6.07) is 4.39.